The van der Waals surface area contributed by atoms with Crippen molar-refractivity contribution < 1.29 is 32.9 Å². The van der Waals surface area contributed by atoms with Crippen molar-refractivity contribution in [3.05, 3.63) is 72.9 Å². The fraction of sp³-hybridized carbons (Fsp3) is 0.675. The summed E-state index contributed by atoms with van der Waals surface area (Å²) in [4.78, 5) is 25.1. The van der Waals surface area contributed by atoms with Crippen LogP contribution in [0.3, 0.4) is 0 Å². The molecule has 0 rings (SSSR count). The summed E-state index contributed by atoms with van der Waals surface area (Å²) in [6.07, 6.45) is 40.9. The number of unbranched alkanes of at least 4 members (excludes halogenated alkanes) is 9. The predicted octanol–water partition coefficient (Wildman–Crippen LogP) is 9.05. The highest BCUT2D eigenvalue weighted by molar-refractivity contribution is 7.45. The number of aliphatic hydroxyl groups is 1. The van der Waals surface area contributed by atoms with E-state index in [1.807, 2.05) is 27.2 Å². The molecule has 0 saturated heterocycles. The van der Waals surface area contributed by atoms with E-state index in [9.17, 15) is 19.4 Å². The summed E-state index contributed by atoms with van der Waals surface area (Å²) >= 11 is 0. The van der Waals surface area contributed by atoms with Gasteiger partial charge in [0.25, 0.3) is 7.82 Å². The maximum Gasteiger partial charge on any atom is 0.268 e. The van der Waals surface area contributed by atoms with E-state index in [0.717, 1.165) is 77.0 Å². The Morgan fingerprint density at radius 2 is 1.27 bits per heavy atom. The van der Waals surface area contributed by atoms with Crippen LogP contribution in [-0.2, 0) is 18.4 Å². The first-order chi connectivity index (χ1) is 23.5. The zero-order valence-corrected chi connectivity index (χ0v) is 32.5. The Labute approximate surface area is 300 Å². The number of quaternary nitrogens is 1. The van der Waals surface area contributed by atoms with E-state index in [1.54, 1.807) is 6.08 Å². The summed E-state index contributed by atoms with van der Waals surface area (Å²) in [5.41, 5.74) is 0. The van der Waals surface area contributed by atoms with Crippen molar-refractivity contribution in [2.24, 2.45) is 0 Å². The number of carbonyl (C=O) groups excluding carboxylic acids is 1. The number of phosphoric ester groups is 1. The number of nitrogens with zero attached hydrogens (tertiary/aromatic N) is 1. The molecule has 0 aromatic rings. The Bertz CT molecular complexity index is 1030. The van der Waals surface area contributed by atoms with Gasteiger partial charge in [-0.1, -0.05) is 119 Å². The molecule has 0 fully saturated rings. The Morgan fingerprint density at radius 1 is 0.735 bits per heavy atom. The van der Waals surface area contributed by atoms with Crippen LogP contribution < -0.4 is 10.2 Å². The number of rotatable bonds is 32. The summed E-state index contributed by atoms with van der Waals surface area (Å²) in [6, 6.07) is -0.916. The molecule has 0 heterocycles. The number of nitrogens with one attached hydrogen (secondary N) is 1. The molecule has 0 radical (unpaired) electrons. The number of hydrogen-bond acceptors (Lipinski definition) is 6. The van der Waals surface area contributed by atoms with Crippen molar-refractivity contribution in [3.63, 3.8) is 0 Å². The van der Waals surface area contributed by atoms with Crippen molar-refractivity contribution in [2.75, 3.05) is 40.9 Å². The van der Waals surface area contributed by atoms with Gasteiger partial charge in [0.2, 0.25) is 5.91 Å². The second-order valence-corrected chi connectivity index (χ2v) is 14.9. The molecule has 282 valence electrons. The SMILES string of the molecule is CC/C=C\C/C=C\C/C=C\C/C=C\CCCCCCC(=O)NC(COP(=O)([O-])OCC[N+](C)(C)C)C(O)/C=C/CC/C=C/CCCCCC. The monoisotopic (exact) mass is 707 g/mol. The van der Waals surface area contributed by atoms with Gasteiger partial charge in [0.05, 0.1) is 39.9 Å². The second-order valence-electron chi connectivity index (χ2n) is 13.5. The Hall–Kier alpha value is -2.06. The van der Waals surface area contributed by atoms with E-state index >= 15 is 0 Å². The van der Waals surface area contributed by atoms with Crippen molar-refractivity contribution in [1.82, 2.24) is 5.32 Å². The molecule has 0 aliphatic heterocycles. The fourth-order valence-electron chi connectivity index (χ4n) is 4.63. The molecule has 0 aromatic heterocycles. The molecule has 49 heavy (non-hydrogen) atoms. The third-order valence-electron chi connectivity index (χ3n) is 7.65. The van der Waals surface area contributed by atoms with E-state index in [0.29, 0.717) is 17.4 Å². The van der Waals surface area contributed by atoms with Gasteiger partial charge in [-0.25, -0.2) is 0 Å². The number of carbonyl (C=O) groups is 1. The average molecular weight is 707 g/mol. The molecule has 0 aliphatic carbocycles. The normalized spacial score (nSPS) is 15.5. The predicted molar refractivity (Wildman–Crippen MR) is 205 cm³/mol. The molecule has 0 aromatic carbocycles. The maximum atomic E-state index is 12.8. The minimum absolute atomic E-state index is 0.0157. The summed E-state index contributed by atoms with van der Waals surface area (Å²) < 4.78 is 23.0. The molecule has 2 N–H and O–H groups in total. The van der Waals surface area contributed by atoms with Crippen LogP contribution in [-0.4, -0.2) is 68.5 Å². The van der Waals surface area contributed by atoms with Gasteiger partial charge in [0.15, 0.2) is 0 Å². The van der Waals surface area contributed by atoms with Crippen molar-refractivity contribution in [2.45, 2.75) is 135 Å². The van der Waals surface area contributed by atoms with Crippen molar-refractivity contribution in [3.8, 4) is 0 Å². The van der Waals surface area contributed by atoms with Crippen LogP contribution in [0.15, 0.2) is 72.9 Å². The molecule has 8 nitrogen and oxygen atoms in total. The lowest BCUT2D eigenvalue weighted by atomic mass is 10.1. The summed E-state index contributed by atoms with van der Waals surface area (Å²) in [6.45, 7) is 4.41. The van der Waals surface area contributed by atoms with Crippen LogP contribution in [0, 0.1) is 0 Å². The van der Waals surface area contributed by atoms with E-state index in [-0.39, 0.29) is 12.5 Å². The van der Waals surface area contributed by atoms with Crippen molar-refractivity contribution in [1.29, 1.82) is 0 Å². The highest BCUT2D eigenvalue weighted by Crippen LogP contribution is 2.38. The van der Waals surface area contributed by atoms with Gasteiger partial charge >= 0.3 is 0 Å². The van der Waals surface area contributed by atoms with Gasteiger partial charge in [0, 0.05) is 6.42 Å². The third-order valence-corrected chi connectivity index (χ3v) is 8.61. The van der Waals surface area contributed by atoms with E-state index in [1.165, 1.54) is 25.7 Å². The first-order valence-corrected chi connectivity index (χ1v) is 20.3. The van der Waals surface area contributed by atoms with E-state index < -0.39 is 26.6 Å². The minimum Gasteiger partial charge on any atom is -0.756 e. The van der Waals surface area contributed by atoms with Crippen LogP contribution >= 0.6 is 7.82 Å². The lowest BCUT2D eigenvalue weighted by molar-refractivity contribution is -0.870. The first kappa shape index (κ1) is 46.9. The molecule has 0 aliphatic rings. The fourth-order valence-corrected chi connectivity index (χ4v) is 5.35. The summed E-state index contributed by atoms with van der Waals surface area (Å²) in [7, 11) is 1.21. The standard InChI is InChI=1S/C40H71N2O6P/c1-6-8-10-12-14-16-18-19-20-21-22-23-24-26-28-30-32-34-40(44)41-38(37-48-49(45,46)47-36-35-42(3,4)5)39(43)33-31-29-27-25-17-15-13-11-9-7-2/h8,10,14,16-17,19-20,22-23,25,31,33,38-39,43H,6-7,9,11-13,15,18,21,24,26-30,32,34-37H2,1-5H3,(H-,41,44,45,46)/b10-8-,16-14-,20-19-,23-22-,25-17+,33-31+. The zero-order chi connectivity index (χ0) is 36.5. The number of hydrogen-bond donors (Lipinski definition) is 2. The van der Waals surface area contributed by atoms with Crippen LogP contribution in [0.25, 0.3) is 0 Å². The van der Waals surface area contributed by atoms with Crippen LogP contribution in [0.1, 0.15) is 123 Å². The highest BCUT2D eigenvalue weighted by Gasteiger charge is 2.23. The number of allylic oxidation sites excluding steroid dienone is 11. The van der Waals surface area contributed by atoms with Crippen LogP contribution in [0.2, 0.25) is 0 Å². The van der Waals surface area contributed by atoms with Gasteiger partial charge in [-0.2, -0.15) is 0 Å². The quantitative estimate of drug-likeness (QED) is 0.0313. The number of aliphatic hydroxyl groups excluding tert-OH is 1. The van der Waals surface area contributed by atoms with E-state index in [4.69, 9.17) is 9.05 Å². The van der Waals surface area contributed by atoms with Gasteiger partial charge in [-0.15, -0.1) is 0 Å². The van der Waals surface area contributed by atoms with Crippen LogP contribution in [0.4, 0.5) is 0 Å². The second kappa shape index (κ2) is 31.9. The molecule has 0 bridgehead atoms. The van der Waals surface area contributed by atoms with Crippen molar-refractivity contribution >= 4 is 13.7 Å². The number of amides is 1. The number of likely N-dealkylation sites (N-methyl/N-ethyl adjacent to an activating group) is 1. The number of phosphoric acid groups is 1. The average Bonchev–Trinajstić information content (AvgIpc) is 3.04. The molecule has 0 spiro atoms. The largest absolute Gasteiger partial charge is 0.756 e. The van der Waals surface area contributed by atoms with Gasteiger partial charge < -0.3 is 28.8 Å². The summed E-state index contributed by atoms with van der Waals surface area (Å²) in [5.74, 6) is -0.238. The maximum absolute atomic E-state index is 12.8. The van der Waals surface area contributed by atoms with E-state index in [2.05, 4.69) is 79.9 Å². The molecule has 3 atom stereocenters. The smallest absolute Gasteiger partial charge is 0.268 e. The van der Waals surface area contributed by atoms with Gasteiger partial charge in [-0.3, -0.25) is 9.36 Å². The zero-order valence-electron chi connectivity index (χ0n) is 31.6. The van der Waals surface area contributed by atoms with Crippen LogP contribution in [0.5, 0.6) is 0 Å². The molecule has 1 amide bonds. The molecule has 9 heteroatoms. The molecule has 0 saturated carbocycles. The highest BCUT2D eigenvalue weighted by atomic mass is 31.2. The molecular weight excluding hydrogens is 635 g/mol. The Kier molecular flexibility index (Phi) is 30.5. The topological polar surface area (TPSA) is 108 Å². The lowest BCUT2D eigenvalue weighted by Gasteiger charge is -2.29. The Morgan fingerprint density at radius 3 is 1.88 bits per heavy atom. The molecule has 3 unspecified atom stereocenters. The van der Waals surface area contributed by atoms with Gasteiger partial charge in [0.1, 0.15) is 13.2 Å². The lowest BCUT2D eigenvalue weighted by Crippen LogP contribution is -2.45. The molecular formula is C40H71N2O6P. The minimum atomic E-state index is -4.60. The van der Waals surface area contributed by atoms with Gasteiger partial charge in [-0.05, 0) is 70.6 Å². The first-order valence-electron chi connectivity index (χ1n) is 18.8. The third kappa shape index (κ3) is 34.2. The Balaban J connectivity index is 4.60. The summed E-state index contributed by atoms with van der Waals surface area (Å²) in [5, 5.41) is 13.6.